The van der Waals surface area contributed by atoms with E-state index in [1.807, 2.05) is 24.3 Å². The number of carbonyl (C=O) groups is 2. The fourth-order valence-electron chi connectivity index (χ4n) is 3.55. The van der Waals surface area contributed by atoms with Crippen molar-refractivity contribution in [2.75, 3.05) is 48.8 Å². The van der Waals surface area contributed by atoms with Gasteiger partial charge in [0.2, 0.25) is 5.91 Å². The highest BCUT2D eigenvalue weighted by molar-refractivity contribution is 7.99. The summed E-state index contributed by atoms with van der Waals surface area (Å²) in [4.78, 5) is 35.8. The van der Waals surface area contributed by atoms with Crippen LogP contribution in [-0.2, 0) is 9.59 Å². The van der Waals surface area contributed by atoms with Crippen LogP contribution in [0.2, 0.25) is 2.82 Å². The summed E-state index contributed by atoms with van der Waals surface area (Å²) in [7, 11) is 2.10. The Kier molecular flexibility index (Phi) is 7.74. The van der Waals surface area contributed by atoms with E-state index in [-0.39, 0.29) is 11.8 Å². The van der Waals surface area contributed by atoms with Crippen LogP contribution in [0.25, 0.3) is 0 Å². The maximum Gasteiger partial charge on any atom is 0.300 e. The summed E-state index contributed by atoms with van der Waals surface area (Å²) in [5, 5.41) is 17.1. The Morgan fingerprint density at radius 2 is 1.81 bits per heavy atom. The molecule has 12 heteroatoms. The molecule has 1 aliphatic carbocycles. The molecule has 196 valence electrons. The van der Waals surface area contributed by atoms with Crippen molar-refractivity contribution in [1.82, 2.24) is 25.1 Å². The second-order valence-electron chi connectivity index (χ2n) is 9.02. The number of nitrogens with one attached hydrogen (secondary N) is 3. The molecule has 1 aromatic carbocycles. The van der Waals surface area contributed by atoms with Gasteiger partial charge in [-0.2, -0.15) is 5.10 Å². The lowest BCUT2D eigenvalue weighted by Crippen LogP contribution is -2.44. The molecule has 2 aliphatic rings. The minimum Gasteiger partial charge on any atom is -0.481 e. The van der Waals surface area contributed by atoms with E-state index in [0.29, 0.717) is 22.5 Å². The number of aliphatic carboxylic acids is 1. The monoisotopic (exact) mass is 526 g/mol. The number of likely N-dealkylation sites (N-methyl/N-ethyl adjacent to an activating group) is 1. The predicted octanol–water partition coefficient (Wildman–Crippen LogP) is 3.59. The van der Waals surface area contributed by atoms with E-state index >= 15 is 0 Å². The molecule has 1 amide bonds. The van der Waals surface area contributed by atoms with Crippen molar-refractivity contribution in [3.63, 3.8) is 0 Å². The number of hydrogen-bond acceptors (Lipinski definition) is 9. The molecule has 4 N–H and O–H groups in total. The van der Waals surface area contributed by atoms with Crippen LogP contribution in [0, 0.1) is 12.8 Å². The van der Waals surface area contributed by atoms with Crippen molar-refractivity contribution < 1.29 is 17.5 Å². The number of hydrogen-bond donors (Lipinski definition) is 4. The van der Waals surface area contributed by atoms with Gasteiger partial charge in [-0.25, -0.2) is 9.97 Å². The van der Waals surface area contributed by atoms with Gasteiger partial charge in [-0.3, -0.25) is 14.7 Å². The van der Waals surface area contributed by atoms with E-state index in [0.717, 1.165) is 72.7 Å². The first-order chi connectivity index (χ1) is 18.6. The molecular formula is C25H32N8O3S. The van der Waals surface area contributed by atoms with Crippen LogP contribution < -0.4 is 15.5 Å². The van der Waals surface area contributed by atoms with E-state index in [1.54, 1.807) is 19.1 Å². The standard InChI is InChI=1S/C23H28N8OS.C2H4O2/c1-15-13-20(29-28-15)25-19-14-21(31-11-9-30(2)10-12-31)27-23(26-19)33-18-7-5-17(6-8-18)24-22(32)16-3-4-16;1-2(3)4/h5-8,13-14,16H,3-4,9-12H2,1-2H3,(H,24,32)(H2,25,26,27,28,29);1H3,(H,3,4)/i/hD2. The summed E-state index contributed by atoms with van der Waals surface area (Å²) in [6, 6.07) is 11.1. The minimum atomic E-state index is -0.833. The van der Waals surface area contributed by atoms with Gasteiger partial charge in [0.1, 0.15) is 11.6 Å². The molecule has 0 unspecified atom stereocenters. The van der Waals surface area contributed by atoms with Gasteiger partial charge in [0, 0.05) is 67.4 Å². The normalized spacial score (nSPS) is 16.2. The van der Waals surface area contributed by atoms with Gasteiger partial charge in [0.15, 0.2) is 13.8 Å². The van der Waals surface area contributed by atoms with Crippen LogP contribution >= 0.6 is 11.8 Å². The summed E-state index contributed by atoms with van der Waals surface area (Å²) >= 11 is 1.40. The van der Waals surface area contributed by atoms with Gasteiger partial charge < -0.3 is 25.5 Å². The summed E-state index contributed by atoms with van der Waals surface area (Å²) in [6.07, 6.45) is 1.94. The molecule has 2 aromatic heterocycles. The zero-order valence-corrected chi connectivity index (χ0v) is 21.9. The number of aromatic amines is 1. The number of piperazine rings is 1. The average molecular weight is 527 g/mol. The molecular weight excluding hydrogens is 492 g/mol. The first-order valence-corrected chi connectivity index (χ1v) is 12.9. The van der Waals surface area contributed by atoms with Crippen LogP contribution in [0.3, 0.4) is 0 Å². The quantitative estimate of drug-likeness (QED) is 0.338. The number of carboxylic acids is 1. The summed E-state index contributed by atoms with van der Waals surface area (Å²) in [5.41, 5.74) is 1.41. The molecule has 3 heterocycles. The third kappa shape index (κ3) is 8.19. The number of rotatable bonds is 7. The van der Waals surface area contributed by atoms with Gasteiger partial charge in [0.25, 0.3) is 5.97 Å². The number of carbonyl (C=O) groups excluding carboxylic acids is 1. The lowest BCUT2D eigenvalue weighted by molar-refractivity contribution is -0.134. The molecule has 0 atom stereocenters. The van der Waals surface area contributed by atoms with Crippen LogP contribution in [0.4, 0.5) is 23.1 Å². The third-order valence-corrected chi connectivity index (χ3v) is 6.54. The molecule has 37 heavy (non-hydrogen) atoms. The summed E-state index contributed by atoms with van der Waals surface area (Å²) in [5.74, 6) is 0.888. The van der Waals surface area contributed by atoms with E-state index in [2.05, 4.69) is 32.2 Å². The van der Waals surface area contributed by atoms with Crippen LogP contribution in [0.5, 0.6) is 0 Å². The molecule has 0 bridgehead atoms. The van der Waals surface area contributed by atoms with Crippen LogP contribution in [0.15, 0.2) is 46.5 Å². The molecule has 5 rings (SSSR count). The number of aryl methyl sites for hydroxylation is 1. The Morgan fingerprint density at radius 3 is 2.41 bits per heavy atom. The SMILES string of the molecule is CC(=O)O.[2H]N(c1cc(N2CCN(C)CC2)nc(Sc2ccc(NC(=O)C3CC3)cc2)n1)c1cc(C)n([2H])n1. The summed E-state index contributed by atoms with van der Waals surface area (Å²) < 4.78 is 16.4. The molecule has 1 saturated heterocycles. The Bertz CT molecular complexity index is 1290. The van der Waals surface area contributed by atoms with E-state index < -0.39 is 5.97 Å². The van der Waals surface area contributed by atoms with E-state index in [1.165, 1.54) is 11.8 Å². The fourth-order valence-corrected chi connectivity index (χ4v) is 4.31. The first kappa shape index (κ1) is 23.7. The largest absolute Gasteiger partial charge is 0.481 e. The van der Waals surface area contributed by atoms with Crippen molar-refractivity contribution in [2.24, 2.45) is 5.92 Å². The topological polar surface area (TPSA) is 139 Å². The number of benzene rings is 1. The van der Waals surface area contributed by atoms with Crippen LogP contribution in [-0.4, -0.2) is 75.3 Å². The Balaban J connectivity index is 0.000000826. The Morgan fingerprint density at radius 1 is 1.14 bits per heavy atom. The van der Waals surface area contributed by atoms with E-state index in [9.17, 15) is 4.79 Å². The number of H-pyrrole nitrogens is 1. The lowest BCUT2D eigenvalue weighted by atomic mass is 10.3. The highest BCUT2D eigenvalue weighted by Crippen LogP contribution is 2.32. The van der Waals surface area contributed by atoms with Crippen molar-refractivity contribution in [3.8, 4) is 0 Å². The number of amides is 1. The van der Waals surface area contributed by atoms with Gasteiger partial charge in [-0.1, -0.05) is 0 Å². The molecule has 1 aliphatic heterocycles. The number of carboxylic acid groups (broad SMARTS) is 1. The maximum atomic E-state index is 12.0. The number of nitrogens with zero attached hydrogens (tertiary/aromatic N) is 5. The zero-order valence-electron chi connectivity index (χ0n) is 23.1. The van der Waals surface area contributed by atoms with Gasteiger partial charge in [-0.15, -0.1) is 0 Å². The van der Waals surface area contributed by atoms with Gasteiger partial charge in [-0.05, 0) is 62.8 Å². The lowest BCUT2D eigenvalue weighted by Gasteiger charge is -2.33. The van der Waals surface area contributed by atoms with E-state index in [4.69, 9.17) is 17.7 Å². The minimum absolute atomic E-state index is 0.0825. The maximum absolute atomic E-state index is 12.0. The van der Waals surface area contributed by atoms with Crippen molar-refractivity contribution in [3.05, 3.63) is 42.1 Å². The molecule has 2 fully saturated rings. The zero-order chi connectivity index (χ0) is 28.1. The molecule has 1 saturated carbocycles. The molecule has 0 radical (unpaired) electrons. The summed E-state index contributed by atoms with van der Waals surface area (Å²) in [6.45, 7) is 6.40. The second kappa shape index (κ2) is 12.1. The van der Waals surface area contributed by atoms with Crippen molar-refractivity contribution >= 4 is 46.8 Å². The number of anilines is 4. The molecule has 3 aromatic rings. The first-order valence-electron chi connectivity index (χ1n) is 12.9. The highest BCUT2D eigenvalue weighted by Gasteiger charge is 2.29. The Hall–Kier alpha value is -3.64. The second-order valence-corrected chi connectivity index (χ2v) is 10.1. The predicted molar refractivity (Wildman–Crippen MR) is 144 cm³/mol. The van der Waals surface area contributed by atoms with Crippen LogP contribution in [0.1, 0.15) is 25.5 Å². The van der Waals surface area contributed by atoms with Gasteiger partial charge >= 0.3 is 0 Å². The van der Waals surface area contributed by atoms with Gasteiger partial charge in [0.05, 0.1) is 0 Å². The molecule has 0 spiro atoms. The average Bonchev–Trinajstić information content (AvgIpc) is 3.69. The van der Waals surface area contributed by atoms with Crippen molar-refractivity contribution in [1.29, 1.82) is 0 Å². The highest BCUT2D eigenvalue weighted by atomic mass is 32.2. The molecule has 11 nitrogen and oxygen atoms in total. The third-order valence-electron chi connectivity index (χ3n) is 5.66. The fraction of sp³-hybridized carbons (Fsp3) is 0.400. The number of aromatic nitrogens is 4. The Labute approximate surface area is 223 Å². The smallest absolute Gasteiger partial charge is 0.300 e. The van der Waals surface area contributed by atoms with Crippen molar-refractivity contribution in [2.45, 2.75) is 36.7 Å².